The highest BCUT2D eigenvalue weighted by atomic mass is 79.9. The molecule has 18 heavy (non-hydrogen) atoms. The van der Waals surface area contributed by atoms with Crippen molar-refractivity contribution < 1.29 is 4.74 Å². The third kappa shape index (κ3) is 2.67. The van der Waals surface area contributed by atoms with Gasteiger partial charge in [0.25, 0.3) is 0 Å². The molecule has 0 radical (unpaired) electrons. The first-order chi connectivity index (χ1) is 8.40. The van der Waals surface area contributed by atoms with Gasteiger partial charge < -0.3 is 10.5 Å². The summed E-state index contributed by atoms with van der Waals surface area (Å²) in [5, 5.41) is 4.22. The van der Waals surface area contributed by atoms with E-state index in [1.807, 2.05) is 0 Å². The van der Waals surface area contributed by atoms with Crippen LogP contribution in [0.15, 0.2) is 15.2 Å². The number of halogens is 1. The normalized spacial score (nSPS) is 23.8. The summed E-state index contributed by atoms with van der Waals surface area (Å²) in [6, 6.07) is -0.0424. The zero-order chi connectivity index (χ0) is 13.4. The average Bonchev–Trinajstić information content (AvgIpc) is 2.75. The summed E-state index contributed by atoms with van der Waals surface area (Å²) in [6.45, 7) is 4.66. The molecule has 1 unspecified atom stereocenters. The summed E-state index contributed by atoms with van der Waals surface area (Å²) >= 11 is 5.27. The summed E-state index contributed by atoms with van der Waals surface area (Å²) in [5.74, 6) is 0. The van der Waals surface area contributed by atoms with Crippen molar-refractivity contribution in [2.45, 2.75) is 51.2 Å². The molecule has 2 rings (SSSR count). The third-order valence-corrected chi connectivity index (χ3v) is 6.15. The fourth-order valence-corrected chi connectivity index (χ4v) is 4.37. The lowest BCUT2D eigenvalue weighted by Crippen LogP contribution is -2.47. The standard InChI is InChI=1S/C14H22BrNOS/c1-13(2)4-6-14(17-3,7-5-13)12(16)10-8-18-9-11(10)15/h8-9,12H,4-7,16H2,1-3H3. The highest BCUT2D eigenvalue weighted by Gasteiger charge is 2.44. The van der Waals surface area contributed by atoms with E-state index >= 15 is 0 Å². The van der Waals surface area contributed by atoms with Gasteiger partial charge in [-0.25, -0.2) is 0 Å². The molecule has 1 aromatic heterocycles. The fraction of sp³-hybridized carbons (Fsp3) is 0.714. The molecule has 0 saturated heterocycles. The van der Waals surface area contributed by atoms with E-state index in [2.05, 4.69) is 40.5 Å². The molecule has 0 aliphatic heterocycles. The maximum Gasteiger partial charge on any atom is 0.0871 e. The summed E-state index contributed by atoms with van der Waals surface area (Å²) in [6.07, 6.45) is 4.44. The predicted molar refractivity (Wildman–Crippen MR) is 80.9 cm³/mol. The Morgan fingerprint density at radius 3 is 2.33 bits per heavy atom. The Hall–Kier alpha value is 0.100. The number of thiophene rings is 1. The smallest absolute Gasteiger partial charge is 0.0871 e. The Labute approximate surface area is 122 Å². The summed E-state index contributed by atoms with van der Waals surface area (Å²) in [4.78, 5) is 0. The van der Waals surface area contributed by atoms with Crippen molar-refractivity contribution in [3.8, 4) is 0 Å². The molecule has 0 spiro atoms. The summed E-state index contributed by atoms with van der Waals surface area (Å²) < 4.78 is 6.98. The fourth-order valence-electron chi connectivity index (χ4n) is 2.79. The van der Waals surface area contributed by atoms with Crippen LogP contribution >= 0.6 is 27.3 Å². The highest BCUT2D eigenvalue weighted by Crippen LogP contribution is 2.47. The summed E-state index contributed by atoms with van der Waals surface area (Å²) in [5.41, 5.74) is 7.91. The van der Waals surface area contributed by atoms with Crippen molar-refractivity contribution >= 4 is 27.3 Å². The van der Waals surface area contributed by atoms with Crippen LogP contribution in [0.1, 0.15) is 51.1 Å². The molecule has 1 heterocycles. The number of ether oxygens (including phenoxy) is 1. The molecule has 2 N–H and O–H groups in total. The third-order valence-electron chi connectivity index (χ3n) is 4.40. The lowest BCUT2D eigenvalue weighted by atomic mass is 9.68. The van der Waals surface area contributed by atoms with E-state index in [0.29, 0.717) is 5.41 Å². The number of nitrogens with two attached hydrogens (primary N) is 1. The SMILES string of the molecule is COC1(C(N)c2cscc2Br)CCC(C)(C)CC1. The van der Waals surface area contributed by atoms with Crippen LogP contribution in [0.4, 0.5) is 0 Å². The van der Waals surface area contributed by atoms with Crippen molar-refractivity contribution in [1.82, 2.24) is 0 Å². The van der Waals surface area contributed by atoms with Crippen LogP contribution in [-0.4, -0.2) is 12.7 Å². The van der Waals surface area contributed by atoms with Gasteiger partial charge in [0.05, 0.1) is 11.6 Å². The molecule has 102 valence electrons. The van der Waals surface area contributed by atoms with E-state index in [4.69, 9.17) is 10.5 Å². The highest BCUT2D eigenvalue weighted by molar-refractivity contribution is 9.10. The van der Waals surface area contributed by atoms with E-state index < -0.39 is 0 Å². The Morgan fingerprint density at radius 2 is 1.89 bits per heavy atom. The molecule has 0 bridgehead atoms. The first-order valence-electron chi connectivity index (χ1n) is 6.43. The van der Waals surface area contributed by atoms with Gasteiger partial charge in [0.2, 0.25) is 0 Å². The first kappa shape index (κ1) is 14.5. The quantitative estimate of drug-likeness (QED) is 0.885. The summed E-state index contributed by atoms with van der Waals surface area (Å²) in [7, 11) is 1.80. The molecular formula is C14H22BrNOS. The van der Waals surface area contributed by atoms with Gasteiger partial charge in [-0.1, -0.05) is 13.8 Å². The Kier molecular flexibility index (Phi) is 4.22. The van der Waals surface area contributed by atoms with Crippen LogP contribution in [0.3, 0.4) is 0 Å². The van der Waals surface area contributed by atoms with Gasteiger partial charge in [0.1, 0.15) is 0 Å². The van der Waals surface area contributed by atoms with Gasteiger partial charge in [-0.2, -0.15) is 11.3 Å². The van der Waals surface area contributed by atoms with Crippen LogP contribution in [0.2, 0.25) is 0 Å². The minimum Gasteiger partial charge on any atom is -0.376 e. The van der Waals surface area contributed by atoms with E-state index in [-0.39, 0.29) is 11.6 Å². The molecule has 1 fully saturated rings. The van der Waals surface area contributed by atoms with Crippen LogP contribution in [0.25, 0.3) is 0 Å². The Morgan fingerprint density at radius 1 is 1.28 bits per heavy atom. The van der Waals surface area contributed by atoms with Crippen molar-refractivity contribution in [2.24, 2.45) is 11.1 Å². The van der Waals surface area contributed by atoms with Crippen LogP contribution in [-0.2, 0) is 4.74 Å². The maximum atomic E-state index is 6.50. The van der Waals surface area contributed by atoms with Crippen LogP contribution in [0.5, 0.6) is 0 Å². The average molecular weight is 332 g/mol. The van der Waals surface area contributed by atoms with Gasteiger partial charge in [-0.05, 0) is 58.0 Å². The zero-order valence-corrected chi connectivity index (χ0v) is 13.7. The molecule has 0 amide bonds. The molecule has 1 atom stereocenters. The van der Waals surface area contributed by atoms with Gasteiger partial charge in [-0.15, -0.1) is 0 Å². The Bertz CT molecular complexity index is 406. The molecule has 1 saturated carbocycles. The number of methoxy groups -OCH3 is 1. The molecule has 2 nitrogen and oxygen atoms in total. The van der Waals surface area contributed by atoms with E-state index in [1.165, 1.54) is 18.4 Å². The zero-order valence-electron chi connectivity index (χ0n) is 11.3. The molecule has 4 heteroatoms. The lowest BCUT2D eigenvalue weighted by molar-refractivity contribution is -0.0794. The van der Waals surface area contributed by atoms with Crippen LogP contribution in [0, 0.1) is 5.41 Å². The predicted octanol–water partition coefficient (Wildman–Crippen LogP) is 4.50. The second kappa shape index (κ2) is 5.23. The molecule has 1 aromatic rings. The maximum absolute atomic E-state index is 6.50. The molecule has 1 aliphatic rings. The monoisotopic (exact) mass is 331 g/mol. The van der Waals surface area contributed by atoms with Crippen molar-refractivity contribution in [3.05, 3.63) is 20.8 Å². The van der Waals surface area contributed by atoms with Crippen molar-refractivity contribution in [2.75, 3.05) is 7.11 Å². The van der Waals surface area contributed by atoms with E-state index in [9.17, 15) is 0 Å². The topological polar surface area (TPSA) is 35.2 Å². The van der Waals surface area contributed by atoms with Crippen molar-refractivity contribution in [1.29, 1.82) is 0 Å². The van der Waals surface area contributed by atoms with Crippen molar-refractivity contribution in [3.63, 3.8) is 0 Å². The number of hydrogen-bond donors (Lipinski definition) is 1. The van der Waals surface area contributed by atoms with Crippen LogP contribution < -0.4 is 5.73 Å². The first-order valence-corrected chi connectivity index (χ1v) is 8.16. The second-order valence-electron chi connectivity index (χ2n) is 6.09. The second-order valence-corrected chi connectivity index (χ2v) is 7.68. The van der Waals surface area contributed by atoms with Gasteiger partial charge in [0, 0.05) is 17.0 Å². The number of hydrogen-bond acceptors (Lipinski definition) is 3. The van der Waals surface area contributed by atoms with E-state index in [1.54, 1.807) is 18.4 Å². The van der Waals surface area contributed by atoms with E-state index in [0.717, 1.165) is 17.3 Å². The molecule has 1 aliphatic carbocycles. The minimum absolute atomic E-state index is 0.0424. The molecule has 0 aromatic carbocycles. The lowest BCUT2D eigenvalue weighted by Gasteiger charge is -2.45. The minimum atomic E-state index is -0.195. The number of rotatable bonds is 3. The van der Waals surface area contributed by atoms with Gasteiger partial charge >= 0.3 is 0 Å². The van der Waals surface area contributed by atoms with Gasteiger partial charge in [0.15, 0.2) is 0 Å². The largest absolute Gasteiger partial charge is 0.376 e. The Balaban J connectivity index is 2.21. The molecular weight excluding hydrogens is 310 g/mol. The van der Waals surface area contributed by atoms with Gasteiger partial charge in [-0.3, -0.25) is 0 Å².